The van der Waals surface area contributed by atoms with E-state index in [0.717, 1.165) is 0 Å². The van der Waals surface area contributed by atoms with Crippen molar-refractivity contribution in [2.45, 2.75) is 0 Å². The van der Waals surface area contributed by atoms with Gasteiger partial charge in [0.05, 0.1) is 66.2 Å². The number of rotatable bonds is 2. The van der Waals surface area contributed by atoms with E-state index in [1.807, 2.05) is 0 Å². The molecule has 19 rings (SSSR count). The molecule has 8 aromatic heterocycles. The first-order valence-electron chi connectivity index (χ1n) is 24.4. The van der Waals surface area contributed by atoms with Crippen LogP contribution in [0.15, 0.2) is 206 Å². The van der Waals surface area contributed by atoms with Crippen molar-refractivity contribution in [2.24, 2.45) is 0 Å². The van der Waals surface area contributed by atoms with Gasteiger partial charge in [-0.05, 0) is 47.5 Å². The second kappa shape index (κ2) is 11.6. The minimum Gasteiger partial charge on any atom is -0.308 e. The van der Waals surface area contributed by atoms with Crippen LogP contribution in [-0.4, -0.2) is 17.6 Å². The number of fused-ring (bicyclic) bond motifs is 24. The van der Waals surface area contributed by atoms with Gasteiger partial charge in [-0.15, -0.1) is 0 Å². The first-order valence-corrected chi connectivity index (χ1v) is 24.4. The third-order valence-corrected chi connectivity index (χ3v) is 16.8. The van der Waals surface area contributed by atoms with Gasteiger partial charge in [0, 0.05) is 97.3 Å². The van der Waals surface area contributed by atoms with E-state index < -0.39 is 0 Å². The van der Waals surface area contributed by atoms with Crippen LogP contribution in [0.5, 0.6) is 0 Å². The van der Waals surface area contributed by atoms with Crippen molar-refractivity contribution in [3.63, 3.8) is 0 Å². The lowest BCUT2D eigenvalue weighted by atomic mass is 9.89. The van der Waals surface area contributed by atoms with E-state index in [1.54, 1.807) is 0 Å². The average Bonchev–Trinajstić information content (AvgIpc) is 4.31. The maximum absolute atomic E-state index is 2.66. The molecule has 0 aliphatic heterocycles. The molecule has 11 aromatic carbocycles. The Morgan fingerprint density at radius 2 is 0.486 bits per heavy atom. The summed E-state index contributed by atoms with van der Waals surface area (Å²) >= 11 is 0. The zero-order valence-electron chi connectivity index (χ0n) is 37.4. The molecule has 4 nitrogen and oxygen atoms in total. The van der Waals surface area contributed by atoms with Crippen LogP contribution < -0.4 is 0 Å². The summed E-state index contributed by atoms with van der Waals surface area (Å²) in [6.45, 7) is 0. The molecule has 0 aliphatic rings. The fraction of sp³-hybridized carbons (Fsp3) is 0. The number of nitrogens with zero attached hydrogens (tertiary/aromatic N) is 4. The van der Waals surface area contributed by atoms with Crippen molar-refractivity contribution in [2.75, 3.05) is 0 Å². The number of para-hydroxylation sites is 6. The Labute approximate surface area is 396 Å². The van der Waals surface area contributed by atoms with Gasteiger partial charge < -0.3 is 17.6 Å². The van der Waals surface area contributed by atoms with Crippen molar-refractivity contribution < 1.29 is 0 Å². The summed E-state index contributed by atoms with van der Waals surface area (Å²) in [4.78, 5) is 0. The van der Waals surface area contributed by atoms with E-state index in [4.69, 9.17) is 0 Å². The Kier molecular flexibility index (Phi) is 5.80. The van der Waals surface area contributed by atoms with E-state index in [-0.39, 0.29) is 0 Å². The monoisotopic (exact) mass is 882 g/mol. The average molecular weight is 883 g/mol. The first kappa shape index (κ1) is 34.9. The highest BCUT2D eigenvalue weighted by Crippen LogP contribution is 2.55. The van der Waals surface area contributed by atoms with Gasteiger partial charge >= 0.3 is 0 Å². The van der Waals surface area contributed by atoms with Crippen molar-refractivity contribution in [3.8, 4) is 22.3 Å². The van der Waals surface area contributed by atoms with Crippen molar-refractivity contribution in [1.82, 2.24) is 17.6 Å². The predicted octanol–water partition coefficient (Wildman–Crippen LogP) is 17.6. The summed E-state index contributed by atoms with van der Waals surface area (Å²) in [5.41, 5.74) is 20.1. The maximum atomic E-state index is 2.66. The Hall–Kier alpha value is -9.38. The van der Waals surface area contributed by atoms with Gasteiger partial charge in [-0.3, -0.25) is 0 Å². The molecular weight excluding hydrogens is 849 g/mol. The maximum Gasteiger partial charge on any atom is 0.0634 e. The number of hydrogen-bond donors (Lipinski definition) is 0. The number of aromatic nitrogens is 4. The van der Waals surface area contributed by atoms with Crippen molar-refractivity contribution in [1.29, 1.82) is 0 Å². The summed E-state index contributed by atoms with van der Waals surface area (Å²) in [5.74, 6) is 0. The minimum absolute atomic E-state index is 1.22. The van der Waals surface area contributed by atoms with E-state index >= 15 is 0 Å². The van der Waals surface area contributed by atoms with Gasteiger partial charge in [0.2, 0.25) is 0 Å². The molecule has 0 bridgehead atoms. The zero-order chi connectivity index (χ0) is 44.8. The van der Waals surface area contributed by atoms with Crippen LogP contribution in [0.2, 0.25) is 0 Å². The van der Waals surface area contributed by atoms with Crippen LogP contribution in [0.4, 0.5) is 0 Å². The topological polar surface area (TPSA) is 17.6 Å². The molecule has 0 saturated heterocycles. The summed E-state index contributed by atoms with van der Waals surface area (Å²) in [6.07, 6.45) is 0. The smallest absolute Gasteiger partial charge is 0.0634 e. The molecule has 0 saturated carbocycles. The molecule has 0 N–H and O–H groups in total. The van der Waals surface area contributed by atoms with E-state index in [2.05, 4.69) is 224 Å². The lowest BCUT2D eigenvalue weighted by Gasteiger charge is -2.16. The normalized spacial score (nSPS) is 13.1. The molecule has 0 radical (unpaired) electrons. The highest BCUT2D eigenvalue weighted by Gasteiger charge is 2.32. The Morgan fingerprint density at radius 3 is 0.886 bits per heavy atom. The van der Waals surface area contributed by atoms with E-state index in [9.17, 15) is 0 Å². The first-order chi connectivity index (χ1) is 34.8. The second-order valence-electron chi connectivity index (χ2n) is 19.9. The van der Waals surface area contributed by atoms with Crippen molar-refractivity contribution >= 4 is 152 Å². The Morgan fingerprint density at radius 1 is 0.186 bits per heavy atom. The summed E-state index contributed by atoms with van der Waals surface area (Å²) in [5, 5.41) is 20.7. The van der Waals surface area contributed by atoms with Gasteiger partial charge in [-0.2, -0.15) is 0 Å². The van der Waals surface area contributed by atoms with Gasteiger partial charge in [0.15, 0.2) is 0 Å². The van der Waals surface area contributed by atoms with Gasteiger partial charge in [0.1, 0.15) is 0 Å². The highest BCUT2D eigenvalue weighted by atomic mass is 15.0. The summed E-state index contributed by atoms with van der Waals surface area (Å²) in [7, 11) is 0. The van der Waals surface area contributed by atoms with Crippen molar-refractivity contribution in [3.05, 3.63) is 206 Å². The minimum atomic E-state index is 1.22. The molecule has 19 aromatic rings. The lowest BCUT2D eigenvalue weighted by molar-refractivity contribution is 1.34. The Balaban J connectivity index is 1.08. The van der Waals surface area contributed by atoms with Crippen LogP contribution >= 0.6 is 0 Å². The molecule has 0 fully saturated rings. The predicted molar refractivity (Wildman–Crippen MR) is 296 cm³/mol. The van der Waals surface area contributed by atoms with Gasteiger partial charge in [0.25, 0.3) is 0 Å². The third kappa shape index (κ3) is 3.72. The molecule has 0 amide bonds. The molecular formula is C66H34N4. The Bertz CT molecular complexity index is 5170. The summed E-state index contributed by atoms with van der Waals surface area (Å²) in [6, 6.07) is 78.1. The zero-order valence-corrected chi connectivity index (χ0v) is 37.4. The van der Waals surface area contributed by atoms with Crippen LogP contribution in [0, 0.1) is 0 Å². The fourth-order valence-corrected chi connectivity index (χ4v) is 14.3. The largest absolute Gasteiger partial charge is 0.308 e. The molecule has 0 aliphatic carbocycles. The van der Waals surface area contributed by atoms with Crippen LogP contribution in [0.3, 0.4) is 0 Å². The van der Waals surface area contributed by atoms with E-state index in [1.165, 1.54) is 175 Å². The molecule has 318 valence electrons. The molecule has 8 heterocycles. The fourth-order valence-electron chi connectivity index (χ4n) is 14.3. The number of hydrogen-bond acceptors (Lipinski definition) is 0. The number of benzene rings is 11. The SMILES string of the molecule is c1ccc(-c2c3c4cccc5c6cc7c8cccc9c%10ccccc%10n(c7cc6n(c3c(-c3ccccc3)c3c6cccc7c%10cc%11c%12cccc%13c%14ccccc%14n(c%11cc%10n(c23)c76)c%13%12)c54)c98)cc1. The van der Waals surface area contributed by atoms with Crippen LogP contribution in [-0.2, 0) is 0 Å². The van der Waals surface area contributed by atoms with E-state index in [0.29, 0.717) is 0 Å². The highest BCUT2D eigenvalue weighted by molar-refractivity contribution is 6.39. The standard InChI is InChI=1S/C66H34N4/c1-3-15-35(16-4-1)57-59-45-27-13-25-43-50-32-48-42-24-12-22-40-38-20-8-10-30-52(38)68(62(40)42)54(48)34-56(50)70(63(43)45)66(59)58(36-17-5-2-6-18-36)60-46-28-14-26-44-49-31-47-41-23-11-21-39-37-19-7-9-29-51(37)67(61(39)41)53(47)33-55(49)69(64(44)46)65(57)60/h1-34H. The molecule has 0 atom stereocenters. The molecule has 0 spiro atoms. The molecule has 70 heavy (non-hydrogen) atoms. The third-order valence-electron chi connectivity index (χ3n) is 16.8. The van der Waals surface area contributed by atoms with Gasteiger partial charge in [-0.1, -0.05) is 170 Å². The van der Waals surface area contributed by atoms with Crippen LogP contribution in [0.1, 0.15) is 0 Å². The lowest BCUT2D eigenvalue weighted by Crippen LogP contribution is -1.93. The molecule has 0 unspecified atom stereocenters. The summed E-state index contributed by atoms with van der Waals surface area (Å²) < 4.78 is 10.4. The quantitative estimate of drug-likeness (QED) is 0.165. The van der Waals surface area contributed by atoms with Gasteiger partial charge in [-0.25, -0.2) is 0 Å². The second-order valence-corrected chi connectivity index (χ2v) is 19.9. The molecule has 4 heteroatoms. The van der Waals surface area contributed by atoms with Crippen LogP contribution in [0.25, 0.3) is 175 Å².